The van der Waals surface area contributed by atoms with Crippen LogP contribution in [0.2, 0.25) is 5.02 Å². The Bertz CT molecular complexity index is 913. The van der Waals surface area contributed by atoms with Crippen molar-refractivity contribution in [2.75, 3.05) is 29.0 Å². The van der Waals surface area contributed by atoms with Crippen molar-refractivity contribution in [3.8, 4) is 5.75 Å². The van der Waals surface area contributed by atoms with Crippen LogP contribution in [0.15, 0.2) is 42.5 Å². The molecule has 1 fully saturated rings. The number of benzene rings is 2. The standard InChI is InChI=1S/C18H19ClN2O4S/c1-25-15-7-4-13(5-8-15)18(22)20-14-6-9-17(16(19)12-14)21-10-2-3-11-26(21,23)24/h4-9,12H,2-3,10-11H2,1H3,(H,20,22). The molecule has 0 bridgehead atoms. The fourth-order valence-electron chi connectivity index (χ4n) is 2.79. The maximum absolute atomic E-state index is 12.3. The number of sulfonamides is 1. The molecule has 0 atom stereocenters. The Morgan fingerprint density at radius 1 is 1.15 bits per heavy atom. The van der Waals surface area contributed by atoms with Gasteiger partial charge in [-0.3, -0.25) is 9.10 Å². The molecule has 1 heterocycles. The molecule has 0 unspecified atom stereocenters. The number of methoxy groups -OCH3 is 1. The number of ether oxygens (including phenoxy) is 1. The zero-order valence-electron chi connectivity index (χ0n) is 14.2. The normalized spacial score (nSPS) is 16.2. The molecule has 0 radical (unpaired) electrons. The summed E-state index contributed by atoms with van der Waals surface area (Å²) in [6.45, 7) is 0.416. The van der Waals surface area contributed by atoms with Crippen molar-refractivity contribution in [3.05, 3.63) is 53.1 Å². The Morgan fingerprint density at radius 3 is 2.50 bits per heavy atom. The minimum absolute atomic E-state index is 0.124. The number of carbonyl (C=O) groups excluding carboxylic acids is 1. The number of amides is 1. The first kappa shape index (κ1) is 18.5. The first-order chi connectivity index (χ1) is 12.4. The van der Waals surface area contributed by atoms with E-state index in [2.05, 4.69) is 5.32 Å². The third-order valence-electron chi connectivity index (χ3n) is 4.18. The van der Waals surface area contributed by atoms with Gasteiger partial charge in [-0.2, -0.15) is 0 Å². The highest BCUT2D eigenvalue weighted by atomic mass is 35.5. The summed E-state index contributed by atoms with van der Waals surface area (Å²) in [5, 5.41) is 3.04. The lowest BCUT2D eigenvalue weighted by Gasteiger charge is -2.29. The lowest BCUT2D eigenvalue weighted by molar-refractivity contribution is 0.102. The fourth-order valence-corrected chi connectivity index (χ4v) is 4.78. The number of hydrogen-bond donors (Lipinski definition) is 1. The molecule has 6 nitrogen and oxygen atoms in total. The Kier molecular flexibility index (Phi) is 5.38. The first-order valence-corrected chi connectivity index (χ1v) is 10.1. The van der Waals surface area contributed by atoms with Crippen LogP contribution in [-0.2, 0) is 10.0 Å². The minimum Gasteiger partial charge on any atom is -0.497 e. The smallest absolute Gasteiger partial charge is 0.255 e. The molecule has 2 aromatic carbocycles. The quantitative estimate of drug-likeness (QED) is 0.860. The van der Waals surface area contributed by atoms with Crippen molar-refractivity contribution in [1.82, 2.24) is 0 Å². The summed E-state index contributed by atoms with van der Waals surface area (Å²) >= 11 is 6.29. The zero-order valence-corrected chi connectivity index (χ0v) is 15.8. The summed E-state index contributed by atoms with van der Waals surface area (Å²) in [4.78, 5) is 12.3. The van der Waals surface area contributed by atoms with E-state index in [1.807, 2.05) is 0 Å². The Balaban J connectivity index is 1.77. The van der Waals surface area contributed by atoms with E-state index in [9.17, 15) is 13.2 Å². The van der Waals surface area contributed by atoms with E-state index in [-0.39, 0.29) is 16.7 Å². The van der Waals surface area contributed by atoms with E-state index in [0.29, 0.717) is 35.7 Å². The van der Waals surface area contributed by atoms with E-state index < -0.39 is 10.0 Å². The number of carbonyl (C=O) groups is 1. The van der Waals surface area contributed by atoms with Gasteiger partial charge in [0.2, 0.25) is 10.0 Å². The van der Waals surface area contributed by atoms with Gasteiger partial charge in [0.05, 0.1) is 23.6 Å². The van der Waals surface area contributed by atoms with Crippen molar-refractivity contribution in [2.24, 2.45) is 0 Å². The summed E-state index contributed by atoms with van der Waals surface area (Å²) in [6, 6.07) is 11.5. The molecule has 1 aliphatic rings. The summed E-state index contributed by atoms with van der Waals surface area (Å²) in [5.41, 5.74) is 1.41. The minimum atomic E-state index is -3.33. The Hall–Kier alpha value is -2.25. The predicted molar refractivity (Wildman–Crippen MR) is 103 cm³/mol. The van der Waals surface area contributed by atoms with Crippen LogP contribution in [0.3, 0.4) is 0 Å². The van der Waals surface area contributed by atoms with Gasteiger partial charge in [-0.15, -0.1) is 0 Å². The summed E-state index contributed by atoms with van der Waals surface area (Å²) in [7, 11) is -1.78. The third kappa shape index (κ3) is 3.94. The van der Waals surface area contributed by atoms with Crippen molar-refractivity contribution >= 4 is 38.9 Å². The second-order valence-electron chi connectivity index (χ2n) is 5.94. The summed E-state index contributed by atoms with van der Waals surface area (Å²) in [5.74, 6) is 0.498. The summed E-state index contributed by atoms with van der Waals surface area (Å²) in [6.07, 6.45) is 1.46. The predicted octanol–water partition coefficient (Wildman–Crippen LogP) is 3.53. The van der Waals surface area contributed by atoms with Crippen molar-refractivity contribution < 1.29 is 17.9 Å². The molecular formula is C18H19ClN2O4S. The molecule has 1 N–H and O–H groups in total. The van der Waals surface area contributed by atoms with Gasteiger partial charge in [0.15, 0.2) is 0 Å². The maximum Gasteiger partial charge on any atom is 0.255 e. The van der Waals surface area contributed by atoms with Gasteiger partial charge >= 0.3 is 0 Å². The van der Waals surface area contributed by atoms with Crippen LogP contribution >= 0.6 is 11.6 Å². The van der Waals surface area contributed by atoms with E-state index in [0.717, 1.165) is 6.42 Å². The molecule has 0 aromatic heterocycles. The van der Waals surface area contributed by atoms with Gasteiger partial charge in [-0.1, -0.05) is 11.6 Å². The SMILES string of the molecule is COc1ccc(C(=O)Nc2ccc(N3CCCCS3(=O)=O)c(Cl)c2)cc1. The maximum atomic E-state index is 12.3. The van der Waals surface area contributed by atoms with E-state index in [1.54, 1.807) is 49.6 Å². The van der Waals surface area contributed by atoms with Gasteiger partial charge in [0.1, 0.15) is 5.75 Å². The fraction of sp³-hybridized carbons (Fsp3) is 0.278. The van der Waals surface area contributed by atoms with Crippen LogP contribution < -0.4 is 14.4 Å². The van der Waals surface area contributed by atoms with Gasteiger partial charge < -0.3 is 10.1 Å². The van der Waals surface area contributed by atoms with Crippen molar-refractivity contribution in [2.45, 2.75) is 12.8 Å². The average molecular weight is 395 g/mol. The molecule has 0 saturated carbocycles. The Labute approximate surface area is 157 Å². The summed E-state index contributed by atoms with van der Waals surface area (Å²) < 4.78 is 30.9. The highest BCUT2D eigenvalue weighted by Gasteiger charge is 2.27. The van der Waals surface area contributed by atoms with Gasteiger partial charge in [0.25, 0.3) is 5.91 Å². The average Bonchev–Trinajstić information content (AvgIpc) is 2.62. The molecule has 26 heavy (non-hydrogen) atoms. The highest BCUT2D eigenvalue weighted by Crippen LogP contribution is 2.33. The van der Waals surface area contributed by atoms with Gasteiger partial charge in [0, 0.05) is 17.8 Å². The molecule has 138 valence electrons. The van der Waals surface area contributed by atoms with E-state index in [4.69, 9.17) is 16.3 Å². The highest BCUT2D eigenvalue weighted by molar-refractivity contribution is 7.92. The van der Waals surface area contributed by atoms with Crippen LogP contribution in [0.5, 0.6) is 5.75 Å². The van der Waals surface area contributed by atoms with Crippen LogP contribution in [0.1, 0.15) is 23.2 Å². The van der Waals surface area contributed by atoms with E-state index >= 15 is 0 Å². The second-order valence-corrected chi connectivity index (χ2v) is 8.36. The second kappa shape index (κ2) is 7.55. The molecule has 2 aromatic rings. The molecule has 0 aliphatic carbocycles. The molecule has 3 rings (SSSR count). The molecule has 0 spiro atoms. The van der Waals surface area contributed by atoms with Crippen LogP contribution in [0, 0.1) is 0 Å². The van der Waals surface area contributed by atoms with Crippen molar-refractivity contribution in [3.63, 3.8) is 0 Å². The number of halogens is 1. The van der Waals surface area contributed by atoms with Gasteiger partial charge in [-0.25, -0.2) is 8.42 Å². The largest absolute Gasteiger partial charge is 0.497 e. The molecule has 1 amide bonds. The van der Waals surface area contributed by atoms with Crippen LogP contribution in [-0.4, -0.2) is 33.7 Å². The molecular weight excluding hydrogens is 376 g/mol. The lowest BCUT2D eigenvalue weighted by Crippen LogP contribution is -2.38. The topological polar surface area (TPSA) is 75.7 Å². The molecule has 1 saturated heterocycles. The molecule has 8 heteroatoms. The van der Waals surface area contributed by atoms with Gasteiger partial charge in [-0.05, 0) is 55.3 Å². The number of rotatable bonds is 4. The van der Waals surface area contributed by atoms with Crippen molar-refractivity contribution in [1.29, 1.82) is 0 Å². The lowest BCUT2D eigenvalue weighted by atomic mass is 10.2. The third-order valence-corrected chi connectivity index (χ3v) is 6.33. The first-order valence-electron chi connectivity index (χ1n) is 8.16. The van der Waals surface area contributed by atoms with Crippen LogP contribution in [0.4, 0.5) is 11.4 Å². The monoisotopic (exact) mass is 394 g/mol. The zero-order chi connectivity index (χ0) is 18.7. The number of nitrogens with one attached hydrogen (secondary N) is 1. The number of nitrogens with zero attached hydrogens (tertiary/aromatic N) is 1. The Morgan fingerprint density at radius 2 is 1.88 bits per heavy atom. The number of anilines is 2. The van der Waals surface area contributed by atoms with Crippen LogP contribution in [0.25, 0.3) is 0 Å². The molecule has 1 aliphatic heterocycles. The van der Waals surface area contributed by atoms with E-state index in [1.165, 1.54) is 4.31 Å². The number of hydrogen-bond acceptors (Lipinski definition) is 4.